The molecule has 0 fully saturated rings. The van der Waals surface area contributed by atoms with Crippen molar-refractivity contribution in [1.82, 2.24) is 0 Å². The number of amides is 1. The van der Waals surface area contributed by atoms with Crippen LogP contribution in [0.5, 0.6) is 0 Å². The largest absolute Gasteiger partial charge is 0.311 e. The molecule has 1 N–H and O–H groups in total. The number of fused-ring (bicyclic) bond motifs is 1. The summed E-state index contributed by atoms with van der Waals surface area (Å²) in [6, 6.07) is 11.1. The number of anilines is 2. The minimum atomic E-state index is -3.82. The van der Waals surface area contributed by atoms with Gasteiger partial charge < -0.3 is 4.90 Å². The van der Waals surface area contributed by atoms with E-state index in [0.717, 1.165) is 17.1 Å². The third-order valence-electron chi connectivity index (χ3n) is 4.24. The van der Waals surface area contributed by atoms with Gasteiger partial charge in [-0.15, -0.1) is 11.8 Å². The van der Waals surface area contributed by atoms with Gasteiger partial charge >= 0.3 is 0 Å². The normalized spacial score (nSPS) is 14.2. The lowest BCUT2D eigenvalue weighted by Gasteiger charge is -2.21. The van der Waals surface area contributed by atoms with Crippen molar-refractivity contribution in [2.45, 2.75) is 30.1 Å². The predicted molar refractivity (Wildman–Crippen MR) is 107 cm³/mol. The molecule has 2 aromatic rings. The monoisotopic (exact) mass is 404 g/mol. The van der Waals surface area contributed by atoms with Gasteiger partial charge in [-0.25, -0.2) is 8.42 Å². The van der Waals surface area contributed by atoms with Crippen LogP contribution in [-0.4, -0.2) is 32.4 Å². The topological polar surface area (TPSA) is 83.6 Å². The molecule has 27 heavy (non-hydrogen) atoms. The van der Waals surface area contributed by atoms with Crippen LogP contribution in [-0.2, 0) is 14.8 Å². The number of sulfonamides is 1. The molecule has 3 rings (SSSR count). The summed E-state index contributed by atoms with van der Waals surface area (Å²) >= 11 is 1.62. The molecule has 1 aliphatic rings. The highest BCUT2D eigenvalue weighted by atomic mass is 32.2. The summed E-state index contributed by atoms with van der Waals surface area (Å²) in [4.78, 5) is 25.9. The summed E-state index contributed by atoms with van der Waals surface area (Å²) in [5.74, 6) is 0.682. The molecule has 0 bridgehead atoms. The number of hydrogen-bond acceptors (Lipinski definition) is 5. The molecule has 1 heterocycles. The zero-order chi connectivity index (χ0) is 19.6. The van der Waals surface area contributed by atoms with E-state index < -0.39 is 10.0 Å². The molecule has 8 heteroatoms. The second-order valence-electron chi connectivity index (χ2n) is 6.24. The van der Waals surface area contributed by atoms with Gasteiger partial charge in [0.05, 0.1) is 10.6 Å². The van der Waals surface area contributed by atoms with E-state index in [1.807, 2.05) is 0 Å². The summed E-state index contributed by atoms with van der Waals surface area (Å²) in [7, 11) is -3.82. The first-order valence-corrected chi connectivity index (χ1v) is 10.9. The molecule has 1 aliphatic heterocycles. The maximum Gasteiger partial charge on any atom is 0.261 e. The van der Waals surface area contributed by atoms with Crippen molar-refractivity contribution >= 4 is 44.9 Å². The van der Waals surface area contributed by atoms with Crippen LogP contribution >= 0.6 is 11.8 Å². The Morgan fingerprint density at radius 2 is 1.78 bits per heavy atom. The fourth-order valence-electron chi connectivity index (χ4n) is 2.84. The molecule has 0 aromatic heterocycles. The van der Waals surface area contributed by atoms with Crippen molar-refractivity contribution in [3.05, 3.63) is 48.0 Å². The number of hydrogen-bond donors (Lipinski definition) is 1. The second-order valence-corrected chi connectivity index (χ2v) is 9.06. The van der Waals surface area contributed by atoms with Crippen LogP contribution in [0.25, 0.3) is 0 Å². The van der Waals surface area contributed by atoms with E-state index in [1.165, 1.54) is 13.8 Å². The Labute approximate surface area is 163 Å². The summed E-state index contributed by atoms with van der Waals surface area (Å²) in [6.45, 7) is 3.50. The van der Waals surface area contributed by atoms with Crippen LogP contribution in [0.1, 0.15) is 30.6 Å². The van der Waals surface area contributed by atoms with Gasteiger partial charge in [-0.05, 0) is 61.6 Å². The van der Waals surface area contributed by atoms with E-state index >= 15 is 0 Å². The highest BCUT2D eigenvalue weighted by Crippen LogP contribution is 2.36. The number of ketones is 1. The van der Waals surface area contributed by atoms with Gasteiger partial charge in [0.15, 0.2) is 5.78 Å². The summed E-state index contributed by atoms with van der Waals surface area (Å²) < 4.78 is 28.1. The van der Waals surface area contributed by atoms with E-state index in [0.29, 0.717) is 23.5 Å². The van der Waals surface area contributed by atoms with Crippen LogP contribution in [0.4, 0.5) is 11.4 Å². The average molecular weight is 405 g/mol. The number of Topliss-reactive ketones (excluding diaryl/α,β-unsaturated/α-hetero) is 1. The number of carbonyl (C=O) groups is 2. The zero-order valence-electron chi connectivity index (χ0n) is 15.1. The van der Waals surface area contributed by atoms with E-state index in [4.69, 9.17) is 0 Å². The first-order valence-electron chi connectivity index (χ1n) is 8.47. The first-order chi connectivity index (χ1) is 12.8. The quantitative estimate of drug-likeness (QED) is 0.788. The summed E-state index contributed by atoms with van der Waals surface area (Å²) in [5.41, 5.74) is 1.50. The number of rotatable bonds is 4. The Kier molecular flexibility index (Phi) is 5.57. The molecule has 0 aliphatic carbocycles. The van der Waals surface area contributed by atoms with Crippen LogP contribution in [0.2, 0.25) is 0 Å². The third kappa shape index (κ3) is 4.33. The zero-order valence-corrected chi connectivity index (χ0v) is 16.7. The Balaban J connectivity index is 1.93. The van der Waals surface area contributed by atoms with Gasteiger partial charge in [0, 0.05) is 29.6 Å². The highest BCUT2D eigenvalue weighted by Gasteiger charge is 2.23. The fourth-order valence-corrected chi connectivity index (χ4v) is 4.89. The lowest BCUT2D eigenvalue weighted by atomic mass is 10.1. The van der Waals surface area contributed by atoms with Gasteiger partial charge in [0.1, 0.15) is 0 Å². The van der Waals surface area contributed by atoms with Crippen molar-refractivity contribution in [2.75, 3.05) is 21.9 Å². The van der Waals surface area contributed by atoms with Crippen molar-refractivity contribution in [1.29, 1.82) is 0 Å². The molecule has 0 unspecified atom stereocenters. The molecule has 0 atom stereocenters. The first kappa shape index (κ1) is 19.4. The molecular weight excluding hydrogens is 384 g/mol. The van der Waals surface area contributed by atoms with E-state index in [9.17, 15) is 18.0 Å². The predicted octanol–water partition coefficient (Wildman–Crippen LogP) is 3.54. The molecule has 0 saturated carbocycles. The summed E-state index contributed by atoms with van der Waals surface area (Å²) in [6.07, 6.45) is 0.849. The maximum atomic E-state index is 12.8. The van der Waals surface area contributed by atoms with Crippen molar-refractivity contribution in [3.8, 4) is 0 Å². The lowest BCUT2D eigenvalue weighted by Crippen LogP contribution is -2.29. The smallest absolute Gasteiger partial charge is 0.261 e. The van der Waals surface area contributed by atoms with Crippen LogP contribution < -0.4 is 9.62 Å². The van der Waals surface area contributed by atoms with E-state index in [1.54, 1.807) is 59.1 Å². The number of benzene rings is 2. The van der Waals surface area contributed by atoms with Crippen LogP contribution in [0.15, 0.2) is 52.3 Å². The Hall–Kier alpha value is -2.32. The third-order valence-corrected chi connectivity index (χ3v) is 6.77. The molecular formula is C19H20N2O4S2. The average Bonchev–Trinajstić information content (AvgIpc) is 2.83. The number of nitrogens with zero attached hydrogens (tertiary/aromatic N) is 1. The minimum absolute atomic E-state index is 0.0861. The molecule has 6 nitrogen and oxygen atoms in total. The molecule has 2 aromatic carbocycles. The SMILES string of the molecule is CC(=O)c1ccc(NS(=O)(=O)c2ccc3c(c2)N(C(C)=O)CCCS3)cc1. The lowest BCUT2D eigenvalue weighted by molar-refractivity contribution is -0.116. The highest BCUT2D eigenvalue weighted by molar-refractivity contribution is 7.99. The van der Waals surface area contributed by atoms with Crippen molar-refractivity contribution < 1.29 is 18.0 Å². The minimum Gasteiger partial charge on any atom is -0.311 e. The van der Waals surface area contributed by atoms with Crippen molar-refractivity contribution in [2.24, 2.45) is 0 Å². The molecule has 0 spiro atoms. The van der Waals surface area contributed by atoms with Gasteiger partial charge in [-0.1, -0.05) is 0 Å². The molecule has 142 valence electrons. The molecule has 0 radical (unpaired) electrons. The van der Waals surface area contributed by atoms with Crippen molar-refractivity contribution in [3.63, 3.8) is 0 Å². The number of nitrogens with one attached hydrogen (secondary N) is 1. The number of thioether (sulfide) groups is 1. The van der Waals surface area contributed by atoms with E-state index in [-0.39, 0.29) is 16.6 Å². The van der Waals surface area contributed by atoms with Gasteiger partial charge in [0.2, 0.25) is 5.91 Å². The van der Waals surface area contributed by atoms with Crippen LogP contribution in [0.3, 0.4) is 0 Å². The Bertz CT molecular complexity index is 985. The van der Waals surface area contributed by atoms with Crippen LogP contribution in [0, 0.1) is 0 Å². The Morgan fingerprint density at radius 3 is 2.41 bits per heavy atom. The molecule has 1 amide bonds. The number of carbonyl (C=O) groups excluding carboxylic acids is 2. The second kappa shape index (κ2) is 7.74. The molecule has 0 saturated heterocycles. The fraction of sp³-hybridized carbons (Fsp3) is 0.263. The van der Waals surface area contributed by atoms with Gasteiger partial charge in [0.25, 0.3) is 10.0 Å². The Morgan fingerprint density at radius 1 is 1.07 bits per heavy atom. The van der Waals surface area contributed by atoms with Gasteiger partial charge in [-0.2, -0.15) is 0 Å². The van der Waals surface area contributed by atoms with Gasteiger partial charge in [-0.3, -0.25) is 14.3 Å². The maximum absolute atomic E-state index is 12.8. The van der Waals surface area contributed by atoms with E-state index in [2.05, 4.69) is 4.72 Å². The summed E-state index contributed by atoms with van der Waals surface area (Å²) in [5, 5.41) is 0. The standard InChI is InChI=1S/C19H20N2O4S2/c1-13(22)15-4-6-16(7-5-15)20-27(24,25)17-8-9-19-18(12-17)21(14(2)23)10-3-11-26-19/h4-9,12,20H,3,10-11H2,1-2H3.